The summed E-state index contributed by atoms with van der Waals surface area (Å²) in [7, 11) is 0. The SMILES string of the molecule is C=CCCOC(=O)[C@H]1[C@@H]2OC3(CC2Br)C(C(=O)N(CC=C)C(C)(C)CC(C)(C)C)N([C@@H](CO)C(C)C)C(=O)[C@H]13. The summed E-state index contributed by atoms with van der Waals surface area (Å²) in [6, 6.07) is -1.61. The summed E-state index contributed by atoms with van der Waals surface area (Å²) in [6.07, 6.45) is 4.39. The quantitative estimate of drug-likeness (QED) is 0.155. The zero-order valence-electron chi connectivity index (χ0n) is 24.6. The average Bonchev–Trinajstić information content (AvgIpc) is 3.39. The van der Waals surface area contributed by atoms with Crippen LogP contribution in [0.25, 0.3) is 0 Å². The van der Waals surface area contributed by atoms with Crippen LogP contribution in [0.5, 0.6) is 0 Å². The van der Waals surface area contributed by atoms with Crippen molar-refractivity contribution in [2.24, 2.45) is 23.2 Å². The normalized spacial score (nSPS) is 30.9. The fourth-order valence-electron chi connectivity index (χ4n) is 7.24. The maximum atomic E-state index is 14.8. The Labute approximate surface area is 242 Å². The molecule has 0 aliphatic carbocycles. The number of rotatable bonds is 12. The minimum Gasteiger partial charge on any atom is -0.465 e. The second-order valence-electron chi connectivity index (χ2n) is 13.4. The number of halogens is 1. The predicted octanol–water partition coefficient (Wildman–Crippen LogP) is 4.10. The molecule has 0 saturated carbocycles. The van der Waals surface area contributed by atoms with Gasteiger partial charge in [-0.2, -0.15) is 0 Å². The summed E-state index contributed by atoms with van der Waals surface area (Å²) in [5, 5.41) is 10.4. The molecule has 0 aromatic heterocycles. The van der Waals surface area contributed by atoms with Crippen molar-refractivity contribution in [3.05, 3.63) is 25.3 Å². The van der Waals surface area contributed by atoms with Crippen molar-refractivity contribution in [1.82, 2.24) is 9.80 Å². The number of esters is 1. The van der Waals surface area contributed by atoms with Crippen LogP contribution >= 0.6 is 15.9 Å². The van der Waals surface area contributed by atoms with Gasteiger partial charge in [0.1, 0.15) is 11.6 Å². The summed E-state index contributed by atoms with van der Waals surface area (Å²) in [6.45, 7) is 22.0. The third kappa shape index (κ3) is 5.73. The van der Waals surface area contributed by atoms with E-state index in [0.29, 0.717) is 25.8 Å². The van der Waals surface area contributed by atoms with Crippen molar-refractivity contribution in [2.75, 3.05) is 19.8 Å². The van der Waals surface area contributed by atoms with Gasteiger partial charge in [0.15, 0.2) is 0 Å². The van der Waals surface area contributed by atoms with E-state index < -0.39 is 47.1 Å². The first kappa shape index (κ1) is 31.8. The molecule has 0 aromatic rings. The average molecular weight is 612 g/mol. The molecule has 0 aromatic carbocycles. The van der Waals surface area contributed by atoms with Crippen LogP contribution in [-0.4, -0.2) is 86.6 Å². The Morgan fingerprint density at radius 3 is 2.41 bits per heavy atom. The highest BCUT2D eigenvalue weighted by Gasteiger charge is 2.77. The molecule has 3 fully saturated rings. The molecule has 1 spiro atoms. The summed E-state index contributed by atoms with van der Waals surface area (Å²) in [4.78, 5) is 45.5. The number of aliphatic hydroxyl groups excluding tert-OH is 1. The van der Waals surface area contributed by atoms with Gasteiger partial charge in [0.25, 0.3) is 0 Å². The van der Waals surface area contributed by atoms with Gasteiger partial charge < -0.3 is 24.4 Å². The van der Waals surface area contributed by atoms with Crippen molar-refractivity contribution in [3.63, 3.8) is 0 Å². The van der Waals surface area contributed by atoms with E-state index in [1.54, 1.807) is 17.1 Å². The highest BCUT2D eigenvalue weighted by Crippen LogP contribution is 2.61. The largest absolute Gasteiger partial charge is 0.465 e. The number of hydrogen-bond acceptors (Lipinski definition) is 6. The monoisotopic (exact) mass is 610 g/mol. The summed E-state index contributed by atoms with van der Waals surface area (Å²) >= 11 is 3.69. The van der Waals surface area contributed by atoms with Crippen molar-refractivity contribution in [1.29, 1.82) is 0 Å². The molecule has 2 bridgehead atoms. The zero-order valence-corrected chi connectivity index (χ0v) is 26.2. The minimum absolute atomic E-state index is 0.0652. The summed E-state index contributed by atoms with van der Waals surface area (Å²) < 4.78 is 12.1. The molecule has 3 aliphatic rings. The van der Waals surface area contributed by atoms with Gasteiger partial charge in [-0.25, -0.2) is 0 Å². The highest BCUT2D eigenvalue weighted by molar-refractivity contribution is 9.09. The second-order valence-corrected chi connectivity index (χ2v) is 14.6. The number of carbonyl (C=O) groups is 3. The molecule has 3 rings (SSSR count). The van der Waals surface area contributed by atoms with Crippen LogP contribution < -0.4 is 0 Å². The Kier molecular flexibility index (Phi) is 9.50. The Balaban J connectivity index is 2.14. The lowest BCUT2D eigenvalue weighted by molar-refractivity contribution is -0.158. The third-order valence-corrected chi connectivity index (χ3v) is 9.23. The smallest absolute Gasteiger partial charge is 0.312 e. The Morgan fingerprint density at radius 2 is 1.90 bits per heavy atom. The van der Waals surface area contributed by atoms with Crippen molar-refractivity contribution in [2.45, 2.75) is 102 Å². The first-order chi connectivity index (χ1) is 18.1. The van der Waals surface area contributed by atoms with Gasteiger partial charge in [-0.3, -0.25) is 14.4 Å². The lowest BCUT2D eigenvalue weighted by Crippen LogP contribution is -2.63. The maximum Gasteiger partial charge on any atom is 0.312 e. The molecule has 3 saturated heterocycles. The number of carbonyl (C=O) groups excluding carboxylic acids is 3. The zero-order chi connectivity index (χ0) is 29.5. The fraction of sp³-hybridized carbons (Fsp3) is 0.767. The summed E-state index contributed by atoms with van der Waals surface area (Å²) in [5.74, 6) is -2.93. The van der Waals surface area contributed by atoms with Crippen LogP contribution in [0.3, 0.4) is 0 Å². The van der Waals surface area contributed by atoms with Gasteiger partial charge in [-0.15, -0.1) is 13.2 Å². The Bertz CT molecular complexity index is 975. The van der Waals surface area contributed by atoms with Crippen LogP contribution in [0.2, 0.25) is 0 Å². The molecular formula is C30H47BrN2O6. The number of hydrogen-bond donors (Lipinski definition) is 1. The van der Waals surface area contributed by atoms with E-state index in [1.165, 1.54) is 4.90 Å². The lowest BCUT2D eigenvalue weighted by atomic mass is 9.70. The number of ether oxygens (including phenoxy) is 2. The Morgan fingerprint density at radius 1 is 1.26 bits per heavy atom. The van der Waals surface area contributed by atoms with Crippen LogP contribution in [0, 0.1) is 23.2 Å². The van der Waals surface area contributed by atoms with E-state index in [2.05, 4.69) is 49.9 Å². The molecule has 220 valence electrons. The number of aliphatic hydroxyl groups is 1. The first-order valence-electron chi connectivity index (χ1n) is 14.0. The number of alkyl halides is 1. The van der Waals surface area contributed by atoms with Crippen molar-refractivity contribution < 1.29 is 29.0 Å². The van der Waals surface area contributed by atoms with Crippen LogP contribution in [0.4, 0.5) is 0 Å². The minimum atomic E-state index is -1.21. The molecular weight excluding hydrogens is 564 g/mol. The van der Waals surface area contributed by atoms with Crippen LogP contribution in [0.15, 0.2) is 25.3 Å². The molecule has 2 amide bonds. The predicted molar refractivity (Wildman–Crippen MR) is 154 cm³/mol. The van der Waals surface area contributed by atoms with Gasteiger partial charge in [0.05, 0.1) is 37.2 Å². The van der Waals surface area contributed by atoms with E-state index in [1.807, 2.05) is 27.7 Å². The molecule has 3 unspecified atom stereocenters. The highest BCUT2D eigenvalue weighted by atomic mass is 79.9. The summed E-state index contributed by atoms with van der Waals surface area (Å²) in [5.41, 5.74) is -1.84. The molecule has 39 heavy (non-hydrogen) atoms. The lowest BCUT2D eigenvalue weighted by Gasteiger charge is -2.47. The molecule has 7 atom stereocenters. The van der Waals surface area contributed by atoms with Crippen molar-refractivity contribution >= 4 is 33.7 Å². The molecule has 1 N–H and O–H groups in total. The van der Waals surface area contributed by atoms with Gasteiger partial charge in [0, 0.05) is 16.9 Å². The molecule has 8 nitrogen and oxygen atoms in total. The first-order valence-corrected chi connectivity index (χ1v) is 14.9. The van der Waals surface area contributed by atoms with Gasteiger partial charge >= 0.3 is 5.97 Å². The van der Waals surface area contributed by atoms with Crippen molar-refractivity contribution in [3.8, 4) is 0 Å². The third-order valence-electron chi connectivity index (χ3n) is 8.38. The van der Waals surface area contributed by atoms with E-state index in [0.717, 1.165) is 0 Å². The Hall–Kier alpha value is -1.71. The number of nitrogens with zero attached hydrogens (tertiary/aromatic N) is 2. The molecule has 3 heterocycles. The number of amides is 2. The standard InChI is InChI=1S/C30H47BrN2O6/c1-10-12-14-38-27(37)21-22-25(35)33(20(16-34)18(3)4)24(30(22)15-19(31)23(21)39-30)26(36)32(13-11-2)29(8,9)17-28(5,6)7/h10-11,18-24,34H,1-2,12-17H2,3-9H3/t19?,20-,21+,22-,23+,24?,30?/m0/s1. The van der Waals surface area contributed by atoms with E-state index >= 15 is 0 Å². The topological polar surface area (TPSA) is 96.4 Å². The number of likely N-dealkylation sites (tertiary alicyclic amines) is 1. The van der Waals surface area contributed by atoms with E-state index in [9.17, 15) is 19.5 Å². The van der Waals surface area contributed by atoms with E-state index in [4.69, 9.17) is 9.47 Å². The molecule has 9 heteroatoms. The molecule has 0 radical (unpaired) electrons. The van der Waals surface area contributed by atoms with Gasteiger partial charge in [-0.1, -0.05) is 62.7 Å². The second kappa shape index (κ2) is 11.6. The van der Waals surface area contributed by atoms with E-state index in [-0.39, 0.29) is 41.2 Å². The van der Waals surface area contributed by atoms with Gasteiger partial charge in [-0.05, 0) is 44.4 Å². The van der Waals surface area contributed by atoms with Gasteiger partial charge in [0.2, 0.25) is 11.8 Å². The molecule has 3 aliphatic heterocycles. The maximum absolute atomic E-state index is 14.8. The van der Waals surface area contributed by atoms with Crippen LogP contribution in [0.1, 0.15) is 67.7 Å². The number of fused-ring (bicyclic) bond motifs is 1. The van der Waals surface area contributed by atoms with Crippen LogP contribution in [-0.2, 0) is 23.9 Å². The fourth-order valence-corrected chi connectivity index (χ4v) is 8.18.